The van der Waals surface area contributed by atoms with Crippen LogP contribution in [0.5, 0.6) is 0 Å². The van der Waals surface area contributed by atoms with Crippen LogP contribution < -0.4 is 0 Å². The average molecular weight is 293 g/mol. The van der Waals surface area contributed by atoms with Gasteiger partial charge in [-0.15, -0.1) is 0 Å². The van der Waals surface area contributed by atoms with E-state index in [1.54, 1.807) is 12.1 Å². The number of carboxylic acids is 1. The molecule has 0 aromatic heterocycles. The monoisotopic (exact) mass is 292 g/mol. The van der Waals surface area contributed by atoms with E-state index in [-0.39, 0.29) is 4.90 Å². The molecule has 0 aliphatic rings. The van der Waals surface area contributed by atoms with Crippen LogP contribution in [-0.4, -0.2) is 24.7 Å². The number of rotatable bonds is 3. The second kappa shape index (κ2) is 4.32. The van der Waals surface area contributed by atoms with Gasteiger partial charge in [-0.05, 0) is 25.1 Å². The van der Waals surface area contributed by atoms with Crippen molar-refractivity contribution >= 4 is 31.7 Å². The first-order valence-electron chi connectivity index (χ1n) is 4.08. The number of sulfone groups is 1. The summed E-state index contributed by atoms with van der Waals surface area (Å²) in [4.78, 5) is 10.6. The maximum Gasteiger partial charge on any atom is 0.321 e. The Morgan fingerprint density at radius 2 is 2.07 bits per heavy atom. The molecule has 0 amide bonds. The minimum Gasteiger partial charge on any atom is -0.480 e. The van der Waals surface area contributed by atoms with Gasteiger partial charge in [-0.3, -0.25) is 4.79 Å². The summed E-state index contributed by atoms with van der Waals surface area (Å²) in [7, 11) is -3.79. The lowest BCUT2D eigenvalue weighted by Crippen LogP contribution is -2.26. The Labute approximate surface area is 96.0 Å². The van der Waals surface area contributed by atoms with E-state index < -0.39 is 21.1 Å². The van der Waals surface area contributed by atoms with E-state index in [1.165, 1.54) is 12.1 Å². The minimum atomic E-state index is -3.79. The predicted octanol–water partition coefficient (Wildman–Crippen LogP) is 1.70. The normalized spacial score (nSPS) is 13.5. The van der Waals surface area contributed by atoms with Gasteiger partial charge in [-0.1, -0.05) is 22.0 Å². The molecule has 1 N–H and O–H groups in total. The fraction of sp³-hybridized carbons (Fsp3) is 0.222. The van der Waals surface area contributed by atoms with Gasteiger partial charge in [0.1, 0.15) is 0 Å². The summed E-state index contributed by atoms with van der Waals surface area (Å²) in [5.74, 6) is -1.35. The molecule has 1 aromatic rings. The van der Waals surface area contributed by atoms with Gasteiger partial charge < -0.3 is 5.11 Å². The highest BCUT2D eigenvalue weighted by atomic mass is 79.9. The molecule has 0 spiro atoms. The van der Waals surface area contributed by atoms with Gasteiger partial charge in [-0.25, -0.2) is 8.42 Å². The molecule has 1 rings (SSSR count). The van der Waals surface area contributed by atoms with Crippen LogP contribution in [0.3, 0.4) is 0 Å². The molecule has 0 aliphatic carbocycles. The Hall–Kier alpha value is -0.880. The summed E-state index contributed by atoms with van der Waals surface area (Å²) < 4.78 is 24.0. The first kappa shape index (κ1) is 12.2. The van der Waals surface area contributed by atoms with E-state index >= 15 is 0 Å². The van der Waals surface area contributed by atoms with Crippen molar-refractivity contribution in [3.05, 3.63) is 28.7 Å². The van der Waals surface area contributed by atoms with E-state index in [9.17, 15) is 13.2 Å². The van der Waals surface area contributed by atoms with Crippen LogP contribution in [0.1, 0.15) is 6.92 Å². The standard InChI is InChI=1S/C9H9BrO4S/c1-6(9(11)12)15(13,14)8-4-2-3-7(10)5-8/h2-6H,1H3,(H,11,12). The third-order valence-corrected chi connectivity index (χ3v) is 4.47. The minimum absolute atomic E-state index is 0.00627. The Bertz CT molecular complexity index is 481. The zero-order valence-corrected chi connectivity index (χ0v) is 10.2. The Kier molecular flexibility index (Phi) is 3.51. The van der Waals surface area contributed by atoms with Gasteiger partial charge in [0.25, 0.3) is 0 Å². The zero-order chi connectivity index (χ0) is 11.6. The maximum absolute atomic E-state index is 11.7. The summed E-state index contributed by atoms with van der Waals surface area (Å²) in [6.07, 6.45) is 0. The topological polar surface area (TPSA) is 71.4 Å². The largest absolute Gasteiger partial charge is 0.480 e. The van der Waals surface area contributed by atoms with E-state index in [2.05, 4.69) is 15.9 Å². The average Bonchev–Trinajstić information content (AvgIpc) is 2.16. The molecule has 82 valence electrons. The van der Waals surface area contributed by atoms with Crippen LogP contribution in [0.25, 0.3) is 0 Å². The van der Waals surface area contributed by atoms with Crippen molar-refractivity contribution < 1.29 is 18.3 Å². The SMILES string of the molecule is CC(C(=O)O)S(=O)(=O)c1cccc(Br)c1. The maximum atomic E-state index is 11.7. The second-order valence-electron chi connectivity index (χ2n) is 2.98. The molecule has 0 saturated carbocycles. The number of hydrogen-bond donors (Lipinski definition) is 1. The molecule has 6 heteroatoms. The summed E-state index contributed by atoms with van der Waals surface area (Å²) in [6.45, 7) is 1.15. The third kappa shape index (κ3) is 2.57. The highest BCUT2D eigenvalue weighted by Gasteiger charge is 2.29. The van der Waals surface area contributed by atoms with E-state index in [4.69, 9.17) is 5.11 Å². The molecule has 0 aliphatic heterocycles. The summed E-state index contributed by atoms with van der Waals surface area (Å²) in [6, 6.07) is 5.98. The van der Waals surface area contributed by atoms with E-state index in [0.29, 0.717) is 4.47 Å². The van der Waals surface area contributed by atoms with Gasteiger partial charge in [0.05, 0.1) is 4.90 Å². The van der Waals surface area contributed by atoms with Crippen LogP contribution in [0, 0.1) is 0 Å². The van der Waals surface area contributed by atoms with Crippen molar-refractivity contribution in [3.63, 3.8) is 0 Å². The van der Waals surface area contributed by atoms with Crippen LogP contribution in [0.4, 0.5) is 0 Å². The molecule has 0 radical (unpaired) electrons. The van der Waals surface area contributed by atoms with Crippen molar-refractivity contribution in [2.75, 3.05) is 0 Å². The number of carbonyl (C=O) groups is 1. The van der Waals surface area contributed by atoms with Gasteiger partial charge in [0.2, 0.25) is 0 Å². The lowest BCUT2D eigenvalue weighted by atomic mass is 10.4. The van der Waals surface area contributed by atoms with Gasteiger partial charge in [0, 0.05) is 4.47 Å². The number of benzene rings is 1. The smallest absolute Gasteiger partial charge is 0.321 e. The molecule has 1 unspecified atom stereocenters. The molecule has 0 fully saturated rings. The molecule has 1 atom stereocenters. The number of carboxylic acid groups (broad SMARTS) is 1. The molecular weight excluding hydrogens is 284 g/mol. The van der Waals surface area contributed by atoms with Crippen LogP contribution in [0.15, 0.2) is 33.6 Å². The van der Waals surface area contributed by atoms with Crippen LogP contribution in [-0.2, 0) is 14.6 Å². The second-order valence-corrected chi connectivity index (χ2v) is 6.17. The predicted molar refractivity (Wildman–Crippen MR) is 58.4 cm³/mol. The van der Waals surface area contributed by atoms with Crippen molar-refractivity contribution in [1.29, 1.82) is 0 Å². The van der Waals surface area contributed by atoms with Crippen LogP contribution in [0.2, 0.25) is 0 Å². The quantitative estimate of drug-likeness (QED) is 0.920. The molecule has 1 aromatic carbocycles. The van der Waals surface area contributed by atoms with E-state index in [0.717, 1.165) is 6.92 Å². The van der Waals surface area contributed by atoms with Crippen molar-refractivity contribution in [1.82, 2.24) is 0 Å². The van der Waals surface area contributed by atoms with Gasteiger partial charge in [0.15, 0.2) is 15.1 Å². The summed E-state index contributed by atoms with van der Waals surface area (Å²) in [5.41, 5.74) is 0. The van der Waals surface area contributed by atoms with Crippen molar-refractivity contribution in [2.24, 2.45) is 0 Å². The zero-order valence-electron chi connectivity index (χ0n) is 7.84. The van der Waals surface area contributed by atoms with Crippen LogP contribution >= 0.6 is 15.9 Å². The molecule has 15 heavy (non-hydrogen) atoms. The lowest BCUT2D eigenvalue weighted by Gasteiger charge is -2.08. The molecule has 0 saturated heterocycles. The highest BCUT2D eigenvalue weighted by molar-refractivity contribution is 9.10. The third-order valence-electron chi connectivity index (χ3n) is 1.94. The van der Waals surface area contributed by atoms with E-state index in [1.807, 2.05) is 0 Å². The lowest BCUT2D eigenvalue weighted by molar-refractivity contribution is -0.136. The number of hydrogen-bond acceptors (Lipinski definition) is 3. The van der Waals surface area contributed by atoms with Crippen molar-refractivity contribution in [3.8, 4) is 0 Å². The first-order chi connectivity index (χ1) is 6.85. The fourth-order valence-electron chi connectivity index (χ4n) is 0.981. The Morgan fingerprint density at radius 3 is 2.53 bits per heavy atom. The molecule has 0 bridgehead atoms. The molecule has 4 nitrogen and oxygen atoms in total. The number of aliphatic carboxylic acids is 1. The highest BCUT2D eigenvalue weighted by Crippen LogP contribution is 2.20. The number of halogens is 1. The fourth-order valence-corrected chi connectivity index (χ4v) is 2.76. The first-order valence-corrected chi connectivity index (χ1v) is 6.42. The summed E-state index contributed by atoms with van der Waals surface area (Å²) in [5, 5.41) is 7.22. The Morgan fingerprint density at radius 1 is 1.47 bits per heavy atom. The van der Waals surface area contributed by atoms with Crippen molar-refractivity contribution in [2.45, 2.75) is 17.1 Å². The van der Waals surface area contributed by atoms with Gasteiger partial charge in [-0.2, -0.15) is 0 Å². The summed E-state index contributed by atoms with van der Waals surface area (Å²) >= 11 is 3.13. The molecule has 0 heterocycles. The Balaban J connectivity index is 3.23. The van der Waals surface area contributed by atoms with Gasteiger partial charge >= 0.3 is 5.97 Å². The molecular formula is C9H9BrO4S.